The summed E-state index contributed by atoms with van der Waals surface area (Å²) in [6, 6.07) is 54.9. The van der Waals surface area contributed by atoms with E-state index in [1.807, 2.05) is 12.1 Å². The van der Waals surface area contributed by atoms with Crippen LogP contribution in [0.3, 0.4) is 0 Å². The largest absolute Gasteiger partial charge is 0.456 e. The topological polar surface area (TPSA) is 52.1 Å². The SMILES string of the molecule is c1ccc(-c2cc3ccccc3c3oc4ccc(-c5nc(-c6ccc7oc8cc9ccccc9cc8c7c6)c6ccccc6n5)cc4c23)cc1. The van der Waals surface area contributed by atoms with Gasteiger partial charge in [0.1, 0.15) is 22.3 Å². The lowest BCUT2D eigenvalue weighted by Gasteiger charge is -2.10. The van der Waals surface area contributed by atoms with Crippen LogP contribution in [-0.4, -0.2) is 9.97 Å². The maximum absolute atomic E-state index is 6.63. The zero-order chi connectivity index (χ0) is 32.8. The Balaban J connectivity index is 1.14. The van der Waals surface area contributed by atoms with Gasteiger partial charge in [-0.05, 0) is 87.9 Å². The second kappa shape index (κ2) is 10.4. The molecule has 3 heterocycles. The predicted octanol–water partition coefficient (Wildman–Crippen LogP) is 12.7. The standard InChI is InChI=1S/C46H26N2O2/c1-2-10-27(11-3-1)35-23-30-14-6-7-15-33(30)45-43(35)38-25-32(19-21-41(38)50-45)46-47-39-17-9-8-16-34(39)44(48-46)31-18-20-40-36(24-31)37-22-28-12-4-5-13-29(28)26-42(37)49-40/h1-26H. The second-order valence-corrected chi connectivity index (χ2v) is 12.9. The molecule has 50 heavy (non-hydrogen) atoms. The van der Waals surface area contributed by atoms with Gasteiger partial charge in [-0.3, -0.25) is 0 Å². The summed E-state index contributed by atoms with van der Waals surface area (Å²) < 4.78 is 13.0. The van der Waals surface area contributed by atoms with E-state index in [1.165, 1.54) is 5.39 Å². The second-order valence-electron chi connectivity index (χ2n) is 12.9. The number of nitrogens with zero attached hydrogens (tertiary/aromatic N) is 2. The van der Waals surface area contributed by atoms with E-state index in [4.69, 9.17) is 18.8 Å². The highest BCUT2D eigenvalue weighted by Crippen LogP contribution is 2.43. The van der Waals surface area contributed by atoms with Gasteiger partial charge in [0.05, 0.1) is 11.2 Å². The van der Waals surface area contributed by atoms with E-state index in [1.54, 1.807) is 0 Å². The summed E-state index contributed by atoms with van der Waals surface area (Å²) in [5.74, 6) is 0.667. The third-order valence-corrected chi connectivity index (χ3v) is 10.0. The van der Waals surface area contributed by atoms with Crippen LogP contribution in [-0.2, 0) is 0 Å². The summed E-state index contributed by atoms with van der Waals surface area (Å²) in [4.78, 5) is 10.4. The van der Waals surface area contributed by atoms with Gasteiger partial charge in [-0.2, -0.15) is 0 Å². The fourth-order valence-corrected chi connectivity index (χ4v) is 7.63. The molecule has 0 fully saturated rings. The van der Waals surface area contributed by atoms with Crippen LogP contribution in [0.5, 0.6) is 0 Å². The van der Waals surface area contributed by atoms with Crippen molar-refractivity contribution in [1.29, 1.82) is 0 Å². The molecule has 0 bridgehead atoms. The molecule has 11 rings (SSSR count). The molecule has 11 aromatic rings. The van der Waals surface area contributed by atoms with Crippen LogP contribution in [0.25, 0.3) is 110 Å². The first-order valence-corrected chi connectivity index (χ1v) is 16.8. The number of rotatable bonds is 3. The van der Waals surface area contributed by atoms with Crippen LogP contribution < -0.4 is 0 Å². The van der Waals surface area contributed by atoms with Gasteiger partial charge in [-0.1, -0.05) is 97.1 Å². The Labute approximate surface area is 285 Å². The van der Waals surface area contributed by atoms with E-state index in [0.29, 0.717) is 5.82 Å². The van der Waals surface area contributed by atoms with Crippen molar-refractivity contribution in [3.05, 3.63) is 158 Å². The van der Waals surface area contributed by atoms with Gasteiger partial charge in [-0.25, -0.2) is 9.97 Å². The molecule has 0 spiro atoms. The molecule has 232 valence electrons. The Morgan fingerprint density at radius 2 is 1.04 bits per heavy atom. The first-order valence-electron chi connectivity index (χ1n) is 16.8. The fraction of sp³-hybridized carbons (Fsp3) is 0. The molecular formula is C46H26N2O2. The molecule has 4 nitrogen and oxygen atoms in total. The van der Waals surface area contributed by atoms with Crippen LogP contribution in [0.1, 0.15) is 0 Å². The van der Waals surface area contributed by atoms with Gasteiger partial charge in [0.2, 0.25) is 0 Å². The number of fused-ring (bicyclic) bond motifs is 10. The highest BCUT2D eigenvalue weighted by molar-refractivity contribution is 6.21. The van der Waals surface area contributed by atoms with Crippen LogP contribution >= 0.6 is 0 Å². The molecule has 0 radical (unpaired) electrons. The van der Waals surface area contributed by atoms with Crippen molar-refractivity contribution in [2.45, 2.75) is 0 Å². The van der Waals surface area contributed by atoms with E-state index < -0.39 is 0 Å². The summed E-state index contributed by atoms with van der Waals surface area (Å²) in [5.41, 5.74) is 9.48. The van der Waals surface area contributed by atoms with E-state index in [0.717, 1.165) is 98.9 Å². The Kier molecular flexibility index (Phi) is 5.63. The fourth-order valence-electron chi connectivity index (χ4n) is 7.63. The molecule has 0 saturated carbocycles. The van der Waals surface area contributed by atoms with Crippen molar-refractivity contribution in [1.82, 2.24) is 9.97 Å². The molecule has 0 aliphatic carbocycles. The summed E-state index contributed by atoms with van der Waals surface area (Å²) in [7, 11) is 0. The first kappa shape index (κ1) is 27.2. The number of furan rings is 2. The quantitative estimate of drug-likeness (QED) is 0.193. The molecule has 0 atom stereocenters. The highest BCUT2D eigenvalue weighted by atomic mass is 16.3. The summed E-state index contributed by atoms with van der Waals surface area (Å²) in [5, 5.41) is 9.90. The summed E-state index contributed by atoms with van der Waals surface area (Å²) >= 11 is 0. The van der Waals surface area contributed by atoms with Crippen molar-refractivity contribution in [2.75, 3.05) is 0 Å². The third kappa shape index (κ3) is 4.06. The Morgan fingerprint density at radius 1 is 0.380 bits per heavy atom. The normalized spacial score (nSPS) is 12.0. The molecule has 3 aromatic heterocycles. The smallest absolute Gasteiger partial charge is 0.160 e. The zero-order valence-corrected chi connectivity index (χ0v) is 26.7. The first-order chi connectivity index (χ1) is 24.7. The minimum Gasteiger partial charge on any atom is -0.456 e. The monoisotopic (exact) mass is 638 g/mol. The van der Waals surface area contributed by atoms with Gasteiger partial charge in [0.15, 0.2) is 5.82 Å². The average molecular weight is 639 g/mol. The number of aromatic nitrogens is 2. The van der Waals surface area contributed by atoms with E-state index >= 15 is 0 Å². The Bertz CT molecular complexity index is 3150. The van der Waals surface area contributed by atoms with Gasteiger partial charge in [0, 0.05) is 43.4 Å². The molecule has 8 aromatic carbocycles. The van der Waals surface area contributed by atoms with Crippen molar-refractivity contribution >= 4 is 76.3 Å². The minimum absolute atomic E-state index is 0.667. The molecule has 0 unspecified atom stereocenters. The van der Waals surface area contributed by atoms with Crippen molar-refractivity contribution in [2.24, 2.45) is 0 Å². The molecule has 0 aliphatic rings. The number of para-hydroxylation sites is 1. The van der Waals surface area contributed by atoms with Crippen molar-refractivity contribution in [3.8, 4) is 33.8 Å². The molecule has 0 saturated heterocycles. The lowest BCUT2D eigenvalue weighted by atomic mass is 9.95. The molecule has 0 aliphatic heterocycles. The predicted molar refractivity (Wildman–Crippen MR) is 205 cm³/mol. The lowest BCUT2D eigenvalue weighted by Crippen LogP contribution is -1.95. The Hall–Kier alpha value is -6.78. The van der Waals surface area contributed by atoms with Gasteiger partial charge in [0.25, 0.3) is 0 Å². The van der Waals surface area contributed by atoms with Gasteiger partial charge >= 0.3 is 0 Å². The summed E-state index contributed by atoms with van der Waals surface area (Å²) in [6.45, 7) is 0. The zero-order valence-electron chi connectivity index (χ0n) is 26.7. The van der Waals surface area contributed by atoms with E-state index in [-0.39, 0.29) is 0 Å². The third-order valence-electron chi connectivity index (χ3n) is 10.0. The highest BCUT2D eigenvalue weighted by Gasteiger charge is 2.19. The van der Waals surface area contributed by atoms with Crippen LogP contribution in [0.15, 0.2) is 167 Å². The molecule has 0 amide bonds. The summed E-state index contributed by atoms with van der Waals surface area (Å²) in [6.07, 6.45) is 0. The molecule has 4 heteroatoms. The van der Waals surface area contributed by atoms with Crippen molar-refractivity contribution < 1.29 is 8.83 Å². The van der Waals surface area contributed by atoms with Crippen LogP contribution in [0.4, 0.5) is 0 Å². The van der Waals surface area contributed by atoms with Crippen LogP contribution in [0.2, 0.25) is 0 Å². The lowest BCUT2D eigenvalue weighted by molar-refractivity contribution is 0.669. The van der Waals surface area contributed by atoms with E-state index in [9.17, 15) is 0 Å². The van der Waals surface area contributed by atoms with Crippen LogP contribution in [0, 0.1) is 0 Å². The number of hydrogen-bond donors (Lipinski definition) is 0. The number of benzene rings is 8. The van der Waals surface area contributed by atoms with Crippen molar-refractivity contribution in [3.63, 3.8) is 0 Å². The van der Waals surface area contributed by atoms with E-state index in [2.05, 4.69) is 146 Å². The minimum atomic E-state index is 0.667. The van der Waals surface area contributed by atoms with Gasteiger partial charge < -0.3 is 8.83 Å². The maximum atomic E-state index is 6.63. The van der Waals surface area contributed by atoms with Gasteiger partial charge in [-0.15, -0.1) is 0 Å². The molecular weight excluding hydrogens is 613 g/mol. The maximum Gasteiger partial charge on any atom is 0.160 e. The average Bonchev–Trinajstić information content (AvgIpc) is 3.74. The molecule has 0 N–H and O–H groups in total. The number of hydrogen-bond acceptors (Lipinski definition) is 4. The Morgan fingerprint density at radius 3 is 1.90 bits per heavy atom.